The third-order valence-electron chi connectivity index (χ3n) is 3.33. The molecule has 1 nitrogen and oxygen atoms in total. The molecule has 1 heteroatoms. The average Bonchev–Trinajstić information content (AvgIpc) is 2.28. The van der Waals surface area contributed by atoms with E-state index >= 15 is 0 Å². The van der Waals surface area contributed by atoms with Crippen LogP contribution < -0.4 is 5.32 Å². The molecule has 0 aliphatic rings. The molecule has 88 valence electrons. The zero-order valence-corrected chi connectivity index (χ0v) is 11.2. The maximum absolute atomic E-state index is 3.41. The summed E-state index contributed by atoms with van der Waals surface area (Å²) in [6, 6.07) is 0. The lowest BCUT2D eigenvalue weighted by molar-refractivity contribution is 0.227. The second-order valence-electron chi connectivity index (χ2n) is 3.66. The van der Waals surface area contributed by atoms with Gasteiger partial charge < -0.3 is 5.32 Å². The average molecular weight is 201 g/mol. The molecule has 0 bridgehead atoms. The highest BCUT2D eigenvalue weighted by Gasteiger charge is 2.22. The minimum atomic E-state index is 0.613. The molecule has 0 aliphatic heterocycles. The number of rotatable bonds is 7. The highest BCUT2D eigenvalue weighted by atomic mass is 14.8. The van der Waals surface area contributed by atoms with Crippen LogP contribution in [0.25, 0.3) is 0 Å². The SMILES string of the molecule is CC.CCNCCC(CC)(CC)CC. The predicted molar refractivity (Wildman–Crippen MR) is 67.8 cm³/mol. The summed E-state index contributed by atoms with van der Waals surface area (Å²) in [5.41, 5.74) is 0.613. The van der Waals surface area contributed by atoms with Crippen LogP contribution in [0.2, 0.25) is 0 Å². The van der Waals surface area contributed by atoms with Gasteiger partial charge in [-0.15, -0.1) is 0 Å². The molecule has 0 fully saturated rings. The van der Waals surface area contributed by atoms with Crippen molar-refractivity contribution in [1.82, 2.24) is 5.32 Å². The molecule has 0 unspecified atom stereocenters. The first kappa shape index (κ1) is 16.4. The fourth-order valence-corrected chi connectivity index (χ4v) is 1.81. The maximum Gasteiger partial charge on any atom is -0.00437 e. The summed E-state index contributed by atoms with van der Waals surface area (Å²) in [5.74, 6) is 0. The molecule has 0 aromatic rings. The number of nitrogens with one attached hydrogen (secondary N) is 1. The van der Waals surface area contributed by atoms with Crippen molar-refractivity contribution in [3.05, 3.63) is 0 Å². The lowest BCUT2D eigenvalue weighted by atomic mass is 9.77. The largest absolute Gasteiger partial charge is 0.317 e. The Bertz CT molecular complexity index is 87.1. The fraction of sp³-hybridized carbons (Fsp3) is 1.00. The van der Waals surface area contributed by atoms with Gasteiger partial charge in [-0.1, -0.05) is 60.8 Å². The zero-order chi connectivity index (χ0) is 11.4. The minimum Gasteiger partial charge on any atom is -0.317 e. The van der Waals surface area contributed by atoms with E-state index in [1.165, 1.54) is 32.2 Å². The Balaban J connectivity index is 0. The Labute approximate surface area is 91.7 Å². The van der Waals surface area contributed by atoms with Gasteiger partial charge in [-0.05, 0) is 24.9 Å². The molecule has 14 heavy (non-hydrogen) atoms. The Kier molecular flexibility index (Phi) is 12.9. The van der Waals surface area contributed by atoms with Crippen molar-refractivity contribution in [2.24, 2.45) is 5.41 Å². The Morgan fingerprint density at radius 3 is 1.57 bits per heavy atom. The van der Waals surface area contributed by atoms with Gasteiger partial charge in [0.05, 0.1) is 0 Å². The van der Waals surface area contributed by atoms with Gasteiger partial charge in [0, 0.05) is 0 Å². The first-order valence-corrected chi connectivity index (χ1v) is 6.45. The van der Waals surface area contributed by atoms with Crippen molar-refractivity contribution in [3.8, 4) is 0 Å². The van der Waals surface area contributed by atoms with Crippen LogP contribution in [0.1, 0.15) is 67.2 Å². The topological polar surface area (TPSA) is 12.0 Å². The Morgan fingerprint density at radius 1 is 0.857 bits per heavy atom. The highest BCUT2D eigenvalue weighted by molar-refractivity contribution is 4.75. The Morgan fingerprint density at radius 2 is 1.29 bits per heavy atom. The van der Waals surface area contributed by atoms with Crippen molar-refractivity contribution in [2.45, 2.75) is 67.2 Å². The molecule has 0 spiro atoms. The van der Waals surface area contributed by atoms with Gasteiger partial charge >= 0.3 is 0 Å². The molecule has 1 N–H and O–H groups in total. The van der Waals surface area contributed by atoms with E-state index in [1.807, 2.05) is 13.8 Å². The number of hydrogen-bond donors (Lipinski definition) is 1. The first-order chi connectivity index (χ1) is 6.74. The summed E-state index contributed by atoms with van der Waals surface area (Å²) in [7, 11) is 0. The van der Waals surface area contributed by atoms with Crippen molar-refractivity contribution < 1.29 is 0 Å². The van der Waals surface area contributed by atoms with E-state index in [-0.39, 0.29) is 0 Å². The molecule has 0 saturated carbocycles. The van der Waals surface area contributed by atoms with Gasteiger partial charge in [-0.2, -0.15) is 0 Å². The van der Waals surface area contributed by atoms with Crippen LogP contribution in [-0.2, 0) is 0 Å². The van der Waals surface area contributed by atoms with E-state index in [0.717, 1.165) is 6.54 Å². The van der Waals surface area contributed by atoms with Crippen LogP contribution in [0.3, 0.4) is 0 Å². The second kappa shape index (κ2) is 11.0. The minimum absolute atomic E-state index is 0.613. The van der Waals surface area contributed by atoms with E-state index in [0.29, 0.717) is 5.41 Å². The van der Waals surface area contributed by atoms with E-state index in [1.54, 1.807) is 0 Å². The van der Waals surface area contributed by atoms with E-state index in [2.05, 4.69) is 33.0 Å². The van der Waals surface area contributed by atoms with E-state index in [9.17, 15) is 0 Å². The van der Waals surface area contributed by atoms with Crippen molar-refractivity contribution in [1.29, 1.82) is 0 Å². The molecule has 0 saturated heterocycles. The first-order valence-electron chi connectivity index (χ1n) is 6.45. The summed E-state index contributed by atoms with van der Waals surface area (Å²) in [5, 5.41) is 3.41. The second-order valence-corrected chi connectivity index (χ2v) is 3.66. The summed E-state index contributed by atoms with van der Waals surface area (Å²) in [4.78, 5) is 0. The molecule has 0 amide bonds. The Hall–Kier alpha value is -0.0400. The molecular weight excluding hydrogens is 170 g/mol. The molecular formula is C13H31N. The third-order valence-corrected chi connectivity index (χ3v) is 3.33. The van der Waals surface area contributed by atoms with E-state index in [4.69, 9.17) is 0 Å². The molecule has 0 aliphatic carbocycles. The van der Waals surface area contributed by atoms with Crippen LogP contribution in [0, 0.1) is 5.41 Å². The van der Waals surface area contributed by atoms with Gasteiger partial charge in [0.25, 0.3) is 0 Å². The maximum atomic E-state index is 3.41. The van der Waals surface area contributed by atoms with Gasteiger partial charge in [0.2, 0.25) is 0 Å². The van der Waals surface area contributed by atoms with Crippen molar-refractivity contribution >= 4 is 0 Å². The highest BCUT2D eigenvalue weighted by Crippen LogP contribution is 2.33. The van der Waals surface area contributed by atoms with Crippen molar-refractivity contribution in [3.63, 3.8) is 0 Å². The van der Waals surface area contributed by atoms with Crippen LogP contribution in [0.4, 0.5) is 0 Å². The summed E-state index contributed by atoms with van der Waals surface area (Å²) < 4.78 is 0. The van der Waals surface area contributed by atoms with Crippen LogP contribution in [0.15, 0.2) is 0 Å². The smallest absolute Gasteiger partial charge is 0.00437 e. The van der Waals surface area contributed by atoms with Crippen LogP contribution >= 0.6 is 0 Å². The summed E-state index contributed by atoms with van der Waals surface area (Å²) in [6.07, 6.45) is 5.31. The van der Waals surface area contributed by atoms with E-state index < -0.39 is 0 Å². The standard InChI is InChI=1S/C11H25N.C2H6/c1-5-11(6-2,7-3)9-10-12-8-4;1-2/h12H,5-10H2,1-4H3;1-2H3. The van der Waals surface area contributed by atoms with Gasteiger partial charge in [0.1, 0.15) is 0 Å². The molecule has 0 aromatic heterocycles. The zero-order valence-electron chi connectivity index (χ0n) is 11.2. The van der Waals surface area contributed by atoms with Crippen LogP contribution in [-0.4, -0.2) is 13.1 Å². The van der Waals surface area contributed by atoms with Crippen LogP contribution in [0.5, 0.6) is 0 Å². The molecule has 0 rings (SSSR count). The molecule has 0 aromatic carbocycles. The fourth-order valence-electron chi connectivity index (χ4n) is 1.81. The summed E-state index contributed by atoms with van der Waals surface area (Å²) >= 11 is 0. The lowest BCUT2D eigenvalue weighted by Crippen LogP contribution is -2.25. The van der Waals surface area contributed by atoms with Crippen molar-refractivity contribution in [2.75, 3.05) is 13.1 Å². The molecule has 0 radical (unpaired) electrons. The molecule has 0 atom stereocenters. The summed E-state index contributed by atoms with van der Waals surface area (Å²) in [6.45, 7) is 15.4. The predicted octanol–water partition coefficient (Wildman–Crippen LogP) is 4.23. The monoisotopic (exact) mass is 201 g/mol. The van der Waals surface area contributed by atoms with Gasteiger partial charge in [-0.3, -0.25) is 0 Å². The lowest BCUT2D eigenvalue weighted by Gasteiger charge is -2.30. The normalized spacial score (nSPS) is 10.7. The third kappa shape index (κ3) is 6.42. The van der Waals surface area contributed by atoms with Gasteiger partial charge in [0.15, 0.2) is 0 Å². The van der Waals surface area contributed by atoms with Gasteiger partial charge in [-0.25, -0.2) is 0 Å². The number of hydrogen-bond acceptors (Lipinski definition) is 1. The quantitative estimate of drug-likeness (QED) is 0.608. The molecule has 0 heterocycles.